The lowest BCUT2D eigenvalue weighted by Gasteiger charge is -2.07. The minimum atomic E-state index is -1.07. The SMILES string of the molecule is Cc1ccc(COc2ccc(/C=C3\SC(=Nc4ccccc4C(=O)O)NC3=O)cc2)cc1. The van der Waals surface area contributed by atoms with E-state index in [1.807, 2.05) is 43.3 Å². The fraction of sp³-hybridized carbons (Fsp3) is 0.0800. The topological polar surface area (TPSA) is 88.0 Å². The van der Waals surface area contributed by atoms with E-state index >= 15 is 0 Å². The average molecular weight is 445 g/mol. The molecule has 160 valence electrons. The highest BCUT2D eigenvalue weighted by atomic mass is 32.2. The number of amides is 1. The summed E-state index contributed by atoms with van der Waals surface area (Å²) in [5, 5.41) is 12.3. The average Bonchev–Trinajstić information content (AvgIpc) is 3.13. The molecule has 0 radical (unpaired) electrons. The number of aromatic carboxylic acids is 1. The summed E-state index contributed by atoms with van der Waals surface area (Å²) >= 11 is 1.17. The van der Waals surface area contributed by atoms with Crippen LogP contribution in [0.25, 0.3) is 6.08 Å². The van der Waals surface area contributed by atoms with Crippen molar-refractivity contribution in [2.75, 3.05) is 0 Å². The van der Waals surface area contributed by atoms with Gasteiger partial charge in [-0.05, 0) is 60.2 Å². The Morgan fingerprint density at radius 2 is 1.78 bits per heavy atom. The molecule has 1 aliphatic rings. The number of benzene rings is 3. The Bertz CT molecular complexity index is 1220. The Morgan fingerprint density at radius 1 is 1.06 bits per heavy atom. The number of hydrogen-bond donors (Lipinski definition) is 2. The van der Waals surface area contributed by atoms with E-state index in [9.17, 15) is 14.7 Å². The van der Waals surface area contributed by atoms with E-state index < -0.39 is 5.97 Å². The first-order chi connectivity index (χ1) is 15.5. The van der Waals surface area contributed by atoms with E-state index in [2.05, 4.69) is 22.4 Å². The predicted octanol–water partition coefficient (Wildman–Crippen LogP) is 5.16. The summed E-state index contributed by atoms with van der Waals surface area (Å²) in [5.74, 6) is -0.607. The van der Waals surface area contributed by atoms with Gasteiger partial charge in [0.1, 0.15) is 12.4 Å². The normalized spacial score (nSPS) is 15.7. The second-order valence-electron chi connectivity index (χ2n) is 7.15. The first-order valence-corrected chi connectivity index (χ1v) is 10.7. The molecule has 0 aromatic heterocycles. The molecular weight excluding hydrogens is 424 g/mol. The van der Waals surface area contributed by atoms with Crippen LogP contribution < -0.4 is 10.1 Å². The van der Waals surface area contributed by atoms with Crippen LogP contribution in [0, 0.1) is 6.92 Å². The molecule has 0 unspecified atom stereocenters. The van der Waals surface area contributed by atoms with Crippen molar-refractivity contribution < 1.29 is 19.4 Å². The minimum absolute atomic E-state index is 0.0773. The van der Waals surface area contributed by atoms with Crippen molar-refractivity contribution in [3.05, 3.63) is 100.0 Å². The number of rotatable bonds is 6. The number of amidine groups is 1. The third kappa shape index (κ3) is 5.25. The van der Waals surface area contributed by atoms with Gasteiger partial charge in [-0.25, -0.2) is 9.79 Å². The molecule has 1 amide bonds. The van der Waals surface area contributed by atoms with E-state index in [-0.39, 0.29) is 11.5 Å². The number of thioether (sulfide) groups is 1. The fourth-order valence-electron chi connectivity index (χ4n) is 3.00. The fourth-order valence-corrected chi connectivity index (χ4v) is 3.84. The van der Waals surface area contributed by atoms with Gasteiger partial charge in [0.25, 0.3) is 5.91 Å². The maximum absolute atomic E-state index is 12.3. The Balaban J connectivity index is 1.43. The molecule has 3 aromatic carbocycles. The molecule has 7 heteroatoms. The number of aliphatic imine (C=N–C) groups is 1. The molecule has 0 bridgehead atoms. The zero-order valence-electron chi connectivity index (χ0n) is 17.2. The van der Waals surface area contributed by atoms with Crippen molar-refractivity contribution in [2.24, 2.45) is 4.99 Å². The largest absolute Gasteiger partial charge is 0.489 e. The number of carbonyl (C=O) groups is 2. The van der Waals surface area contributed by atoms with Crippen LogP contribution in [-0.4, -0.2) is 22.2 Å². The third-order valence-electron chi connectivity index (χ3n) is 4.71. The molecule has 2 N–H and O–H groups in total. The molecule has 0 aliphatic carbocycles. The minimum Gasteiger partial charge on any atom is -0.489 e. The van der Waals surface area contributed by atoms with E-state index in [0.717, 1.165) is 16.9 Å². The van der Waals surface area contributed by atoms with E-state index in [1.165, 1.54) is 23.4 Å². The highest BCUT2D eigenvalue weighted by Crippen LogP contribution is 2.29. The van der Waals surface area contributed by atoms with Crippen LogP contribution in [-0.2, 0) is 11.4 Å². The van der Waals surface area contributed by atoms with Crippen LogP contribution in [0.15, 0.2) is 82.7 Å². The zero-order chi connectivity index (χ0) is 22.5. The summed E-state index contributed by atoms with van der Waals surface area (Å²) in [6, 6.07) is 22.1. The molecule has 1 heterocycles. The van der Waals surface area contributed by atoms with E-state index in [1.54, 1.807) is 24.3 Å². The lowest BCUT2D eigenvalue weighted by atomic mass is 10.1. The van der Waals surface area contributed by atoms with Crippen molar-refractivity contribution in [3.63, 3.8) is 0 Å². The Hall–Kier alpha value is -3.84. The molecule has 0 saturated carbocycles. The smallest absolute Gasteiger partial charge is 0.337 e. The lowest BCUT2D eigenvalue weighted by Crippen LogP contribution is -2.19. The van der Waals surface area contributed by atoms with Gasteiger partial charge in [0.05, 0.1) is 16.2 Å². The monoisotopic (exact) mass is 444 g/mol. The second kappa shape index (κ2) is 9.53. The third-order valence-corrected chi connectivity index (χ3v) is 5.62. The Morgan fingerprint density at radius 3 is 2.50 bits per heavy atom. The van der Waals surface area contributed by atoms with Gasteiger partial charge in [0.2, 0.25) is 0 Å². The molecule has 1 fully saturated rings. The lowest BCUT2D eigenvalue weighted by molar-refractivity contribution is -0.115. The number of ether oxygens (including phenoxy) is 1. The van der Waals surface area contributed by atoms with Crippen LogP contribution in [0.3, 0.4) is 0 Å². The number of carboxylic acids is 1. The summed E-state index contributed by atoms with van der Waals surface area (Å²) in [5.41, 5.74) is 3.52. The van der Waals surface area contributed by atoms with Gasteiger partial charge >= 0.3 is 5.97 Å². The van der Waals surface area contributed by atoms with Gasteiger partial charge in [-0.1, -0.05) is 54.1 Å². The van der Waals surface area contributed by atoms with Crippen LogP contribution in [0.5, 0.6) is 5.75 Å². The van der Waals surface area contributed by atoms with Crippen molar-refractivity contribution in [3.8, 4) is 5.75 Å². The van der Waals surface area contributed by atoms with Gasteiger partial charge in [-0.15, -0.1) is 0 Å². The Kier molecular flexibility index (Phi) is 6.37. The van der Waals surface area contributed by atoms with Crippen molar-refractivity contribution in [1.82, 2.24) is 5.32 Å². The highest BCUT2D eigenvalue weighted by molar-refractivity contribution is 8.18. The molecule has 0 spiro atoms. The molecule has 4 rings (SSSR count). The highest BCUT2D eigenvalue weighted by Gasteiger charge is 2.24. The number of para-hydroxylation sites is 1. The van der Waals surface area contributed by atoms with Crippen molar-refractivity contribution in [2.45, 2.75) is 13.5 Å². The van der Waals surface area contributed by atoms with Gasteiger partial charge in [0, 0.05) is 0 Å². The first-order valence-electron chi connectivity index (χ1n) is 9.88. The number of nitrogens with one attached hydrogen (secondary N) is 1. The van der Waals surface area contributed by atoms with Crippen molar-refractivity contribution >= 4 is 40.6 Å². The molecule has 1 saturated heterocycles. The first kappa shape index (κ1) is 21.4. The number of aryl methyl sites for hydroxylation is 1. The summed E-state index contributed by atoms with van der Waals surface area (Å²) < 4.78 is 5.82. The maximum Gasteiger partial charge on any atom is 0.337 e. The summed E-state index contributed by atoms with van der Waals surface area (Å²) in [6.45, 7) is 2.53. The molecule has 3 aromatic rings. The van der Waals surface area contributed by atoms with Crippen LogP contribution >= 0.6 is 11.8 Å². The molecule has 6 nitrogen and oxygen atoms in total. The number of carboxylic acid groups (broad SMARTS) is 1. The summed E-state index contributed by atoms with van der Waals surface area (Å²) in [7, 11) is 0. The molecular formula is C25H20N2O4S. The second-order valence-corrected chi connectivity index (χ2v) is 8.18. The number of hydrogen-bond acceptors (Lipinski definition) is 5. The van der Waals surface area contributed by atoms with E-state index in [4.69, 9.17) is 4.74 Å². The quantitative estimate of drug-likeness (QED) is 0.513. The van der Waals surface area contributed by atoms with E-state index in [0.29, 0.717) is 22.4 Å². The maximum atomic E-state index is 12.3. The van der Waals surface area contributed by atoms with Gasteiger partial charge < -0.3 is 15.2 Å². The van der Waals surface area contributed by atoms with Crippen LogP contribution in [0.2, 0.25) is 0 Å². The standard InChI is InChI=1S/C25H20N2O4S/c1-16-6-8-18(9-7-16)15-31-19-12-10-17(11-13-19)14-22-23(28)27-25(32-22)26-21-5-3-2-4-20(21)24(29)30/h2-14H,15H2,1H3,(H,29,30)(H,26,27,28)/b22-14-. The van der Waals surface area contributed by atoms with Crippen LogP contribution in [0.1, 0.15) is 27.0 Å². The molecule has 0 atom stereocenters. The number of carbonyl (C=O) groups excluding carboxylic acids is 1. The van der Waals surface area contributed by atoms with Gasteiger partial charge in [-0.2, -0.15) is 0 Å². The van der Waals surface area contributed by atoms with Gasteiger partial charge in [-0.3, -0.25) is 4.79 Å². The van der Waals surface area contributed by atoms with Crippen LogP contribution in [0.4, 0.5) is 5.69 Å². The predicted molar refractivity (Wildman–Crippen MR) is 126 cm³/mol. The van der Waals surface area contributed by atoms with Crippen molar-refractivity contribution in [1.29, 1.82) is 0 Å². The molecule has 1 aliphatic heterocycles. The molecule has 32 heavy (non-hydrogen) atoms. The summed E-state index contributed by atoms with van der Waals surface area (Å²) in [6.07, 6.45) is 1.76. The zero-order valence-corrected chi connectivity index (χ0v) is 18.1. The Labute approximate surface area is 189 Å². The summed E-state index contributed by atoms with van der Waals surface area (Å²) in [4.78, 5) is 28.5. The van der Waals surface area contributed by atoms with Gasteiger partial charge in [0.15, 0.2) is 5.17 Å². The number of nitrogens with zero attached hydrogens (tertiary/aromatic N) is 1.